The van der Waals surface area contributed by atoms with Crippen molar-refractivity contribution in [3.63, 3.8) is 0 Å². The largest absolute Gasteiger partial charge is 1.00 e. The molecule has 182 valence electrons. The minimum atomic E-state index is -5.04. The van der Waals surface area contributed by atoms with Crippen molar-refractivity contribution >= 4 is 58.2 Å². The van der Waals surface area contributed by atoms with Gasteiger partial charge in [-0.05, 0) is 41.8 Å². The molecule has 0 aliphatic heterocycles. The molecule has 0 aliphatic rings. The second kappa shape index (κ2) is 13.5. The Balaban J connectivity index is 0.00000324. The fraction of sp³-hybridized carbons (Fsp3) is 0.111. The van der Waals surface area contributed by atoms with Gasteiger partial charge in [0, 0.05) is 0 Å². The third kappa shape index (κ3) is 9.10. The van der Waals surface area contributed by atoms with Crippen molar-refractivity contribution < 1.29 is 146 Å². The van der Waals surface area contributed by atoms with Crippen LogP contribution in [0.15, 0.2) is 68.6 Å². The Morgan fingerprint density at radius 2 is 1.56 bits per heavy atom. The first-order chi connectivity index (χ1) is 15.7. The molecule has 0 atom stereocenters. The van der Waals surface area contributed by atoms with Gasteiger partial charge in [-0.2, -0.15) is 5.11 Å². The summed E-state index contributed by atoms with van der Waals surface area (Å²) in [7, 11) is -13.9. The van der Waals surface area contributed by atoms with Crippen LogP contribution >= 0.6 is 0 Å². The molecule has 0 spiro atoms. The Hall–Kier alpha value is 0.123. The van der Waals surface area contributed by atoms with Crippen LogP contribution in [0, 0.1) is 0 Å². The van der Waals surface area contributed by atoms with Crippen LogP contribution in [-0.2, 0) is 34.5 Å². The first kappa shape index (κ1) is 34.2. The van der Waals surface area contributed by atoms with Crippen molar-refractivity contribution in [2.75, 3.05) is 18.1 Å². The zero-order valence-corrected chi connectivity index (χ0v) is 27.5. The van der Waals surface area contributed by atoms with E-state index in [1.54, 1.807) is 0 Å². The zero-order valence-electron chi connectivity index (χ0n) is 18.9. The molecule has 3 aromatic rings. The van der Waals surface area contributed by atoms with E-state index in [9.17, 15) is 39.5 Å². The molecule has 0 bridgehead atoms. The van der Waals surface area contributed by atoms with Gasteiger partial charge in [-0.1, -0.05) is 12.1 Å². The van der Waals surface area contributed by atoms with Crippen molar-refractivity contribution in [1.29, 1.82) is 0 Å². The van der Waals surface area contributed by atoms with E-state index in [2.05, 4.69) is 14.4 Å². The maximum absolute atomic E-state index is 12.4. The quantitative estimate of drug-likeness (QED) is 0.0818. The number of sulfone groups is 1. The van der Waals surface area contributed by atoms with Crippen LogP contribution in [0.2, 0.25) is 0 Å². The molecule has 3 rings (SSSR count). The van der Waals surface area contributed by atoms with Gasteiger partial charge in [-0.3, -0.25) is 4.18 Å². The third-order valence-electron chi connectivity index (χ3n) is 4.38. The summed E-state index contributed by atoms with van der Waals surface area (Å²) in [4.78, 5) is -0.910. The molecule has 0 unspecified atom stereocenters. The molecule has 0 fully saturated rings. The average molecular weight is 608 g/mol. The van der Waals surface area contributed by atoms with Crippen LogP contribution in [0.3, 0.4) is 0 Å². The van der Waals surface area contributed by atoms with E-state index >= 15 is 0 Å². The van der Waals surface area contributed by atoms with Crippen LogP contribution in [0.25, 0.3) is 10.8 Å². The topological polar surface area (TPSA) is 229 Å². The van der Waals surface area contributed by atoms with E-state index < -0.39 is 53.4 Å². The number of phenolic OH excluding ortho intramolecular Hbond substituents is 1. The van der Waals surface area contributed by atoms with E-state index in [4.69, 9.17) is 5.73 Å². The SMILES string of the molecule is Nc1ccc2cc(S(=O)(=O)[O-])cc(O)c2c1N=Nc1cccc(S(=O)(=O)CCOS(=O)(=O)[O-])c1.[K+].[K+]. The van der Waals surface area contributed by atoms with Crippen molar-refractivity contribution in [2.24, 2.45) is 10.2 Å². The van der Waals surface area contributed by atoms with Gasteiger partial charge in [0.15, 0.2) is 9.84 Å². The van der Waals surface area contributed by atoms with Gasteiger partial charge in [-0.25, -0.2) is 25.3 Å². The van der Waals surface area contributed by atoms with Gasteiger partial charge < -0.3 is 19.9 Å². The predicted molar refractivity (Wildman–Crippen MR) is 116 cm³/mol. The van der Waals surface area contributed by atoms with Crippen molar-refractivity contribution in [1.82, 2.24) is 0 Å². The molecule has 13 nitrogen and oxygen atoms in total. The number of fused-ring (bicyclic) bond motifs is 1. The van der Waals surface area contributed by atoms with Gasteiger partial charge in [0.1, 0.15) is 21.6 Å². The molecule has 0 saturated heterocycles. The minimum absolute atomic E-state index is 0. The Morgan fingerprint density at radius 3 is 2.17 bits per heavy atom. The van der Waals surface area contributed by atoms with Crippen LogP contribution in [0.5, 0.6) is 5.75 Å². The summed E-state index contributed by atoms with van der Waals surface area (Å²) in [5.74, 6) is -1.37. The summed E-state index contributed by atoms with van der Waals surface area (Å²) in [6.07, 6.45) is 0. The number of aromatic hydroxyl groups is 1. The normalized spacial score (nSPS) is 12.3. The summed E-state index contributed by atoms with van der Waals surface area (Å²) >= 11 is 0. The van der Waals surface area contributed by atoms with Crippen molar-refractivity contribution in [3.8, 4) is 5.75 Å². The van der Waals surface area contributed by atoms with Gasteiger partial charge in [0.05, 0.1) is 38.9 Å². The average Bonchev–Trinajstić information content (AvgIpc) is 2.71. The number of benzene rings is 3. The van der Waals surface area contributed by atoms with Gasteiger partial charge >= 0.3 is 103 Å². The van der Waals surface area contributed by atoms with Gasteiger partial charge in [0.25, 0.3) is 0 Å². The predicted octanol–water partition coefficient (Wildman–Crippen LogP) is -4.29. The number of anilines is 1. The number of nitrogens with zero attached hydrogens (tertiary/aromatic N) is 2. The standard InChI is InChI=1S/C18H17N3O10S3.2K/c19-15-5-4-11-8-14(33(25,26)27)10-16(22)17(11)18(15)21-20-12-2-1-3-13(9-12)32(23,24)7-6-31-34(28,29)30;;/h1-5,8-10,22H,6-7,19H2,(H,25,26,27)(H,28,29,30);;/q;2*+1/p-2. The molecule has 18 heteroatoms. The summed E-state index contributed by atoms with van der Waals surface area (Å²) in [6, 6.07) is 9.56. The zero-order chi connectivity index (χ0) is 25.3. The monoisotopic (exact) mass is 607 g/mol. The molecule has 0 heterocycles. The maximum Gasteiger partial charge on any atom is 1.00 e. The van der Waals surface area contributed by atoms with Crippen molar-refractivity contribution in [2.45, 2.75) is 9.79 Å². The maximum atomic E-state index is 12.4. The van der Waals surface area contributed by atoms with E-state index in [-0.39, 0.29) is 135 Å². The van der Waals surface area contributed by atoms with Crippen molar-refractivity contribution in [3.05, 3.63) is 48.5 Å². The molecule has 36 heavy (non-hydrogen) atoms. The molecule has 0 aliphatic carbocycles. The molecular weight excluding hydrogens is 593 g/mol. The van der Waals surface area contributed by atoms with Gasteiger partial charge in [-0.15, -0.1) is 5.11 Å². The number of nitrogen functional groups attached to an aromatic ring is 1. The van der Waals surface area contributed by atoms with E-state index in [1.807, 2.05) is 0 Å². The number of azo groups is 1. The number of hydrogen-bond donors (Lipinski definition) is 2. The first-order valence-corrected chi connectivity index (χ1v) is 13.4. The van der Waals surface area contributed by atoms with Crippen LogP contribution in [0.4, 0.5) is 17.1 Å². The fourth-order valence-corrected chi connectivity index (χ4v) is 4.92. The van der Waals surface area contributed by atoms with E-state index in [1.165, 1.54) is 30.3 Å². The third-order valence-corrected chi connectivity index (χ3v) is 7.33. The van der Waals surface area contributed by atoms with Crippen LogP contribution in [0.1, 0.15) is 0 Å². The number of nitrogens with two attached hydrogens (primary N) is 1. The molecule has 0 amide bonds. The van der Waals surface area contributed by atoms with Gasteiger partial charge in [0.2, 0.25) is 10.4 Å². The summed E-state index contributed by atoms with van der Waals surface area (Å²) < 4.78 is 93.9. The van der Waals surface area contributed by atoms with E-state index in [0.29, 0.717) is 0 Å². The molecule has 3 aromatic carbocycles. The fourth-order valence-electron chi connectivity index (χ4n) is 2.88. The Labute approximate surface area is 292 Å². The smallest absolute Gasteiger partial charge is 0.744 e. The molecular formula is C18H15K2N3O10S3. The summed E-state index contributed by atoms with van der Waals surface area (Å²) in [6.45, 7) is -0.868. The second-order valence-corrected chi connectivity index (χ2v) is 11.3. The minimum Gasteiger partial charge on any atom is -0.744 e. The van der Waals surface area contributed by atoms with Crippen LogP contribution < -0.4 is 109 Å². The van der Waals surface area contributed by atoms with Crippen LogP contribution in [-0.4, -0.2) is 51.8 Å². The molecule has 0 saturated carbocycles. The first-order valence-electron chi connectivity index (χ1n) is 9.03. The second-order valence-electron chi connectivity index (χ2n) is 6.74. The number of phenols is 1. The summed E-state index contributed by atoms with van der Waals surface area (Å²) in [5, 5.41) is 18.3. The Morgan fingerprint density at radius 1 is 0.889 bits per heavy atom. The Bertz CT molecular complexity index is 1630. The number of rotatable bonds is 8. The van der Waals surface area contributed by atoms with E-state index in [0.717, 1.165) is 18.2 Å². The molecule has 0 aromatic heterocycles. The molecule has 0 radical (unpaired) electrons. The summed E-state index contributed by atoms with van der Waals surface area (Å²) in [5.41, 5.74) is 5.92. The molecule has 3 N–H and O–H groups in total. The number of hydrogen-bond acceptors (Lipinski definition) is 13. The Kier molecular flexibility index (Phi) is 12.8.